The Morgan fingerprint density at radius 3 is 2.29 bits per heavy atom. The Balaban J connectivity index is 2.80. The Morgan fingerprint density at radius 2 is 1.83 bits per heavy atom. The van der Waals surface area contributed by atoms with Crippen molar-refractivity contribution in [2.45, 2.75) is 78.6 Å². The Bertz CT molecular complexity index is 503. The second-order valence-corrected chi connectivity index (χ2v) is 10.5. The van der Waals surface area contributed by atoms with Crippen molar-refractivity contribution in [3.63, 3.8) is 0 Å². The molecule has 0 radical (unpaired) electrons. The van der Waals surface area contributed by atoms with Crippen LogP contribution in [-0.2, 0) is 15.7 Å². The van der Waals surface area contributed by atoms with Crippen LogP contribution in [0.15, 0.2) is 4.40 Å². The smallest absolute Gasteiger partial charge is 0.410 e. The summed E-state index contributed by atoms with van der Waals surface area (Å²) in [4.78, 5) is 14.1. The van der Waals surface area contributed by atoms with Crippen molar-refractivity contribution in [1.29, 1.82) is 0 Å². The highest BCUT2D eigenvalue weighted by molar-refractivity contribution is 7.85. The van der Waals surface area contributed by atoms with E-state index in [2.05, 4.69) is 11.3 Å². The average Bonchev–Trinajstić information content (AvgIpc) is 2.43. The van der Waals surface area contributed by atoms with Gasteiger partial charge in [0.2, 0.25) is 0 Å². The maximum absolute atomic E-state index is 12.3. The normalized spacial score (nSPS) is 24.7. The molecule has 0 aromatic carbocycles. The minimum Gasteiger partial charge on any atom is -0.444 e. The minimum atomic E-state index is -1.23. The lowest BCUT2D eigenvalue weighted by molar-refractivity contribution is 0.0136. The molecular weight excluding hydrogens is 324 g/mol. The number of carbonyl (C=O) groups excluding carboxylic acids is 1. The van der Waals surface area contributed by atoms with Crippen molar-refractivity contribution in [2.75, 3.05) is 13.1 Å². The maximum atomic E-state index is 12.3. The van der Waals surface area contributed by atoms with Gasteiger partial charge in [-0.25, -0.2) is 9.00 Å². The number of ether oxygens (including phenoxy) is 1. The summed E-state index contributed by atoms with van der Waals surface area (Å²) in [6.45, 7) is 16.9. The summed E-state index contributed by atoms with van der Waals surface area (Å²) < 4.78 is 21.9. The summed E-state index contributed by atoms with van der Waals surface area (Å²) in [6.07, 6.45) is 1.56. The molecule has 0 spiro atoms. The van der Waals surface area contributed by atoms with Gasteiger partial charge in [-0.3, -0.25) is 0 Å². The first-order valence-electron chi connectivity index (χ1n) is 8.80. The lowest BCUT2D eigenvalue weighted by Crippen LogP contribution is -2.47. The van der Waals surface area contributed by atoms with Gasteiger partial charge in [0.05, 0.1) is 4.75 Å². The van der Waals surface area contributed by atoms with E-state index in [1.54, 1.807) is 4.90 Å². The monoisotopic (exact) mass is 358 g/mol. The van der Waals surface area contributed by atoms with Crippen molar-refractivity contribution < 1.29 is 13.7 Å². The summed E-state index contributed by atoms with van der Waals surface area (Å²) in [6, 6.07) is 0. The summed E-state index contributed by atoms with van der Waals surface area (Å²) >= 11 is 0. The minimum absolute atomic E-state index is 0.243. The molecule has 1 saturated heterocycles. The number of amides is 1. The van der Waals surface area contributed by atoms with Gasteiger partial charge in [-0.1, -0.05) is 13.3 Å². The fraction of sp³-hybridized carbons (Fsp3) is 0.889. The molecule has 0 aromatic rings. The Labute approximate surface area is 149 Å². The van der Waals surface area contributed by atoms with Gasteiger partial charge >= 0.3 is 6.09 Å². The van der Waals surface area contributed by atoms with Crippen LogP contribution in [0.5, 0.6) is 0 Å². The van der Waals surface area contributed by atoms with E-state index in [4.69, 9.17) is 4.74 Å². The maximum Gasteiger partial charge on any atom is 0.410 e. The van der Waals surface area contributed by atoms with Gasteiger partial charge in [-0.15, -0.1) is 0 Å². The molecule has 0 bridgehead atoms. The summed E-state index contributed by atoms with van der Waals surface area (Å²) in [7, 11) is -1.23. The molecule has 1 amide bonds. The summed E-state index contributed by atoms with van der Waals surface area (Å²) in [5.74, 6) is 0.604. The number of rotatable bonds is 3. The van der Waals surface area contributed by atoms with Crippen molar-refractivity contribution in [3.05, 3.63) is 0 Å². The summed E-state index contributed by atoms with van der Waals surface area (Å²) in [5.41, 5.74) is 0.468. The molecule has 0 unspecified atom stereocenters. The van der Waals surface area contributed by atoms with Crippen LogP contribution in [0, 0.1) is 11.8 Å². The number of likely N-dealkylation sites (tertiary alicyclic amines) is 1. The van der Waals surface area contributed by atoms with Crippen molar-refractivity contribution in [3.8, 4) is 0 Å². The highest BCUT2D eigenvalue weighted by atomic mass is 32.2. The van der Waals surface area contributed by atoms with E-state index >= 15 is 0 Å². The molecule has 3 atom stereocenters. The Morgan fingerprint density at radius 1 is 1.25 bits per heavy atom. The molecular formula is C18H34N2O3S. The largest absolute Gasteiger partial charge is 0.444 e. The predicted molar refractivity (Wildman–Crippen MR) is 101 cm³/mol. The molecule has 0 saturated carbocycles. The Hall–Kier alpha value is -0.910. The quantitative estimate of drug-likeness (QED) is 0.711. The van der Waals surface area contributed by atoms with Crippen molar-refractivity contribution in [2.24, 2.45) is 16.2 Å². The molecule has 1 fully saturated rings. The van der Waals surface area contributed by atoms with E-state index in [1.165, 1.54) is 0 Å². The van der Waals surface area contributed by atoms with E-state index in [0.717, 1.165) is 18.6 Å². The zero-order valence-electron chi connectivity index (χ0n) is 16.5. The fourth-order valence-corrected chi connectivity index (χ4v) is 3.49. The van der Waals surface area contributed by atoms with Gasteiger partial charge in [0.1, 0.15) is 16.6 Å². The van der Waals surface area contributed by atoms with Crippen LogP contribution >= 0.6 is 0 Å². The molecule has 0 aromatic heterocycles. The molecule has 1 aliphatic heterocycles. The van der Waals surface area contributed by atoms with Crippen LogP contribution < -0.4 is 0 Å². The van der Waals surface area contributed by atoms with Gasteiger partial charge in [-0.2, -0.15) is 4.40 Å². The van der Waals surface area contributed by atoms with Crippen LogP contribution in [-0.4, -0.2) is 44.4 Å². The third kappa shape index (κ3) is 6.19. The van der Waals surface area contributed by atoms with E-state index < -0.39 is 16.6 Å². The zero-order valence-corrected chi connectivity index (χ0v) is 17.3. The standard InChI is InChI=1S/C18H34N2O3S/c1-9-14-12-20(16(21)23-17(3,4)5)11-10-15(14)13(2)19-24(22)18(6,7)8/h14-15H,9-12H2,1-8H3/b19-13+/t14-,15-,24+/m0/s1. The molecule has 24 heavy (non-hydrogen) atoms. The predicted octanol–water partition coefficient (Wildman–Crippen LogP) is 4.19. The number of nitrogens with zero attached hydrogens (tertiary/aromatic N) is 2. The first-order valence-corrected chi connectivity index (χ1v) is 9.91. The van der Waals surface area contributed by atoms with Gasteiger partial charge in [0, 0.05) is 24.7 Å². The third-order valence-electron chi connectivity index (χ3n) is 4.20. The van der Waals surface area contributed by atoms with Crippen molar-refractivity contribution in [1.82, 2.24) is 4.90 Å². The van der Waals surface area contributed by atoms with Gasteiger partial charge < -0.3 is 9.64 Å². The molecule has 5 nitrogen and oxygen atoms in total. The van der Waals surface area contributed by atoms with Gasteiger partial charge in [0.15, 0.2) is 0 Å². The summed E-state index contributed by atoms with van der Waals surface area (Å²) in [5, 5.41) is 0. The third-order valence-corrected chi connectivity index (χ3v) is 5.70. The number of hydrogen-bond donors (Lipinski definition) is 0. The van der Waals surface area contributed by atoms with Crippen LogP contribution in [0.3, 0.4) is 0 Å². The number of piperidine rings is 1. The fourth-order valence-electron chi connectivity index (χ4n) is 2.82. The van der Waals surface area contributed by atoms with Crippen molar-refractivity contribution >= 4 is 22.8 Å². The highest BCUT2D eigenvalue weighted by Crippen LogP contribution is 2.29. The first-order chi connectivity index (χ1) is 10.8. The zero-order chi connectivity index (χ0) is 18.7. The Kier molecular flexibility index (Phi) is 7.03. The topological polar surface area (TPSA) is 59.0 Å². The molecule has 1 rings (SSSR count). The van der Waals surface area contributed by atoms with Gasteiger partial charge in [-0.05, 0) is 60.8 Å². The molecule has 1 heterocycles. The molecule has 1 aliphatic rings. The average molecular weight is 359 g/mol. The lowest BCUT2D eigenvalue weighted by atomic mass is 9.81. The highest BCUT2D eigenvalue weighted by Gasteiger charge is 2.34. The lowest BCUT2D eigenvalue weighted by Gasteiger charge is -2.38. The number of hydrogen-bond acceptors (Lipinski definition) is 3. The van der Waals surface area contributed by atoms with Crippen LogP contribution in [0.2, 0.25) is 0 Å². The van der Waals surface area contributed by atoms with E-state index in [-0.39, 0.29) is 16.8 Å². The molecule has 6 heteroatoms. The molecule has 140 valence electrons. The first kappa shape index (κ1) is 21.1. The van der Waals surface area contributed by atoms with E-state index in [1.807, 2.05) is 48.5 Å². The van der Waals surface area contributed by atoms with Crippen LogP contribution in [0.25, 0.3) is 0 Å². The van der Waals surface area contributed by atoms with E-state index in [9.17, 15) is 9.00 Å². The SMILES string of the molecule is CC[C@H]1CN(C(=O)OC(C)(C)C)CC[C@H]1/C(C)=N/[S@](=O)C(C)(C)C. The van der Waals surface area contributed by atoms with E-state index in [0.29, 0.717) is 19.0 Å². The van der Waals surface area contributed by atoms with Crippen LogP contribution in [0.1, 0.15) is 68.2 Å². The number of carbonyl (C=O) groups is 1. The molecule has 0 N–H and O–H groups in total. The van der Waals surface area contributed by atoms with Crippen LogP contribution in [0.4, 0.5) is 4.79 Å². The second kappa shape index (κ2) is 7.98. The molecule has 0 aliphatic carbocycles. The second-order valence-electron chi connectivity index (χ2n) is 8.58. The van der Waals surface area contributed by atoms with Gasteiger partial charge in [0.25, 0.3) is 0 Å².